The van der Waals surface area contributed by atoms with Gasteiger partial charge in [0.15, 0.2) is 0 Å². The minimum atomic E-state index is -3.88. The van der Waals surface area contributed by atoms with Crippen LogP contribution in [0.5, 0.6) is 0 Å². The maximum absolute atomic E-state index is 13.2. The molecule has 0 radical (unpaired) electrons. The van der Waals surface area contributed by atoms with Crippen molar-refractivity contribution < 1.29 is 13.2 Å². The van der Waals surface area contributed by atoms with Crippen LogP contribution in [0.15, 0.2) is 59.8 Å². The Hall–Kier alpha value is -3.11. The lowest BCUT2D eigenvalue weighted by Gasteiger charge is -2.21. The standard InChI is InChI=1S/C19H22N6O3S/c1-3-11-24(13-19(26)21-18-10-5-4-7-15(18)2)29(27,28)17-9-6-8-16(12-17)25-14-20-22-23-25/h4-10,12,14H,3,11,13H2,1-2H3,(H,21,26). The second-order valence-electron chi connectivity index (χ2n) is 6.45. The molecule has 0 saturated carbocycles. The quantitative estimate of drug-likeness (QED) is 0.604. The van der Waals surface area contributed by atoms with E-state index in [1.807, 2.05) is 32.0 Å². The summed E-state index contributed by atoms with van der Waals surface area (Å²) in [6.07, 6.45) is 1.95. The van der Waals surface area contributed by atoms with E-state index < -0.39 is 15.9 Å². The van der Waals surface area contributed by atoms with Gasteiger partial charge in [-0.25, -0.2) is 13.1 Å². The number of carbonyl (C=O) groups is 1. The number of carbonyl (C=O) groups excluding carboxylic acids is 1. The first kappa shape index (κ1) is 20.6. The molecule has 0 bridgehead atoms. The zero-order chi connectivity index (χ0) is 20.9. The highest BCUT2D eigenvalue weighted by molar-refractivity contribution is 7.89. The van der Waals surface area contributed by atoms with Crippen molar-refractivity contribution in [3.05, 3.63) is 60.4 Å². The Morgan fingerprint density at radius 1 is 1.17 bits per heavy atom. The average molecular weight is 414 g/mol. The normalized spacial score (nSPS) is 11.6. The SMILES string of the molecule is CCCN(CC(=O)Nc1ccccc1C)S(=O)(=O)c1cccc(-n2cnnn2)c1. The first-order chi connectivity index (χ1) is 13.9. The molecule has 152 valence electrons. The summed E-state index contributed by atoms with van der Waals surface area (Å²) in [4.78, 5) is 12.6. The van der Waals surface area contributed by atoms with Gasteiger partial charge in [0.25, 0.3) is 0 Å². The topological polar surface area (TPSA) is 110 Å². The van der Waals surface area contributed by atoms with Crippen molar-refractivity contribution in [1.82, 2.24) is 24.5 Å². The van der Waals surface area contributed by atoms with Crippen LogP contribution in [0.3, 0.4) is 0 Å². The van der Waals surface area contributed by atoms with E-state index in [9.17, 15) is 13.2 Å². The number of nitrogens with one attached hydrogen (secondary N) is 1. The first-order valence-corrected chi connectivity index (χ1v) is 10.5. The molecule has 0 fully saturated rings. The van der Waals surface area contributed by atoms with E-state index in [-0.39, 0.29) is 18.0 Å². The Morgan fingerprint density at radius 2 is 1.97 bits per heavy atom. The third-order valence-electron chi connectivity index (χ3n) is 4.28. The summed E-state index contributed by atoms with van der Waals surface area (Å²) in [5.74, 6) is -0.395. The lowest BCUT2D eigenvalue weighted by molar-refractivity contribution is -0.116. The largest absolute Gasteiger partial charge is 0.325 e. The number of aromatic nitrogens is 4. The molecule has 0 atom stereocenters. The number of anilines is 1. The Bertz CT molecular complexity index is 1080. The Balaban J connectivity index is 1.83. The summed E-state index contributed by atoms with van der Waals surface area (Å²) in [5, 5.41) is 13.7. The van der Waals surface area contributed by atoms with Crippen LogP contribution in [0.1, 0.15) is 18.9 Å². The zero-order valence-electron chi connectivity index (χ0n) is 16.2. The summed E-state index contributed by atoms with van der Waals surface area (Å²) in [6.45, 7) is 3.68. The molecule has 0 spiro atoms. The molecule has 29 heavy (non-hydrogen) atoms. The van der Waals surface area contributed by atoms with E-state index in [1.165, 1.54) is 27.4 Å². The molecular weight excluding hydrogens is 392 g/mol. The highest BCUT2D eigenvalue weighted by atomic mass is 32.2. The number of rotatable bonds is 8. The minimum absolute atomic E-state index is 0.0719. The van der Waals surface area contributed by atoms with Crippen molar-refractivity contribution in [3.63, 3.8) is 0 Å². The molecule has 10 heteroatoms. The molecule has 1 N–H and O–H groups in total. The molecule has 3 aromatic rings. The minimum Gasteiger partial charge on any atom is -0.325 e. The van der Waals surface area contributed by atoms with Gasteiger partial charge in [-0.15, -0.1) is 5.10 Å². The second-order valence-corrected chi connectivity index (χ2v) is 8.39. The molecule has 2 aromatic carbocycles. The van der Waals surface area contributed by atoms with E-state index in [0.29, 0.717) is 17.8 Å². The number of tetrazole rings is 1. The Morgan fingerprint density at radius 3 is 2.66 bits per heavy atom. The van der Waals surface area contributed by atoms with Gasteiger partial charge >= 0.3 is 0 Å². The van der Waals surface area contributed by atoms with Crippen LogP contribution >= 0.6 is 0 Å². The third kappa shape index (κ3) is 4.84. The fourth-order valence-corrected chi connectivity index (χ4v) is 4.34. The van der Waals surface area contributed by atoms with Crippen LogP contribution in [-0.2, 0) is 14.8 Å². The number of hydrogen-bond acceptors (Lipinski definition) is 6. The zero-order valence-corrected chi connectivity index (χ0v) is 17.0. The molecule has 1 amide bonds. The van der Waals surface area contributed by atoms with Crippen LogP contribution in [0.2, 0.25) is 0 Å². The third-order valence-corrected chi connectivity index (χ3v) is 6.12. The van der Waals surface area contributed by atoms with Crippen LogP contribution < -0.4 is 5.32 Å². The molecule has 0 saturated heterocycles. The van der Waals surface area contributed by atoms with E-state index >= 15 is 0 Å². The summed E-state index contributed by atoms with van der Waals surface area (Å²) in [5.41, 5.74) is 2.07. The fraction of sp³-hybridized carbons (Fsp3) is 0.263. The van der Waals surface area contributed by atoms with Crippen LogP contribution in [0.4, 0.5) is 5.69 Å². The van der Waals surface area contributed by atoms with Crippen molar-refractivity contribution in [1.29, 1.82) is 0 Å². The van der Waals surface area contributed by atoms with Gasteiger partial charge in [-0.05, 0) is 53.6 Å². The lowest BCUT2D eigenvalue weighted by atomic mass is 10.2. The second kappa shape index (κ2) is 8.93. The van der Waals surface area contributed by atoms with E-state index in [2.05, 4.69) is 20.8 Å². The Labute approximate surface area is 169 Å². The number of sulfonamides is 1. The maximum atomic E-state index is 13.2. The summed E-state index contributed by atoms with van der Waals surface area (Å²) < 4.78 is 28.9. The van der Waals surface area contributed by atoms with Crippen molar-refractivity contribution in [3.8, 4) is 5.69 Å². The van der Waals surface area contributed by atoms with Gasteiger partial charge < -0.3 is 5.32 Å². The smallest absolute Gasteiger partial charge is 0.243 e. The fourth-order valence-electron chi connectivity index (χ4n) is 2.81. The molecule has 3 rings (SSSR count). The average Bonchev–Trinajstić information content (AvgIpc) is 3.24. The monoisotopic (exact) mass is 414 g/mol. The van der Waals surface area contributed by atoms with Crippen molar-refractivity contribution >= 4 is 21.6 Å². The molecular formula is C19H22N6O3S. The van der Waals surface area contributed by atoms with Gasteiger partial charge in [0.2, 0.25) is 15.9 Å². The first-order valence-electron chi connectivity index (χ1n) is 9.11. The molecule has 1 heterocycles. The molecule has 1 aromatic heterocycles. The number of hydrogen-bond donors (Lipinski definition) is 1. The predicted octanol–water partition coefficient (Wildman–Crippen LogP) is 2.01. The van der Waals surface area contributed by atoms with Gasteiger partial charge in [-0.1, -0.05) is 31.2 Å². The molecule has 0 aliphatic heterocycles. The van der Waals surface area contributed by atoms with Gasteiger partial charge in [0, 0.05) is 12.2 Å². The van der Waals surface area contributed by atoms with Gasteiger partial charge in [-0.2, -0.15) is 4.31 Å². The lowest BCUT2D eigenvalue weighted by Crippen LogP contribution is -2.38. The van der Waals surface area contributed by atoms with Gasteiger partial charge in [0.05, 0.1) is 17.1 Å². The predicted molar refractivity (Wildman–Crippen MR) is 108 cm³/mol. The summed E-state index contributed by atoms with van der Waals surface area (Å²) in [7, 11) is -3.88. The summed E-state index contributed by atoms with van der Waals surface area (Å²) in [6, 6.07) is 13.6. The van der Waals surface area contributed by atoms with Crippen LogP contribution in [0.25, 0.3) is 5.69 Å². The van der Waals surface area contributed by atoms with Crippen LogP contribution in [-0.4, -0.2) is 51.9 Å². The van der Waals surface area contributed by atoms with Crippen molar-refractivity contribution in [2.45, 2.75) is 25.2 Å². The number of para-hydroxylation sites is 1. The van der Waals surface area contributed by atoms with Gasteiger partial charge in [0.1, 0.15) is 6.33 Å². The molecule has 9 nitrogen and oxygen atoms in total. The van der Waals surface area contributed by atoms with Crippen molar-refractivity contribution in [2.24, 2.45) is 0 Å². The number of nitrogens with zero attached hydrogens (tertiary/aromatic N) is 5. The Kier molecular flexibility index (Phi) is 6.35. The van der Waals surface area contributed by atoms with Crippen molar-refractivity contribution in [2.75, 3.05) is 18.4 Å². The van der Waals surface area contributed by atoms with E-state index in [4.69, 9.17) is 0 Å². The van der Waals surface area contributed by atoms with E-state index in [0.717, 1.165) is 5.56 Å². The molecule has 0 unspecified atom stereocenters. The number of benzene rings is 2. The summed E-state index contributed by atoms with van der Waals surface area (Å²) >= 11 is 0. The highest BCUT2D eigenvalue weighted by Gasteiger charge is 2.26. The molecule has 0 aliphatic rings. The van der Waals surface area contributed by atoms with E-state index in [1.54, 1.807) is 18.2 Å². The van der Waals surface area contributed by atoms with Gasteiger partial charge in [-0.3, -0.25) is 4.79 Å². The number of aryl methyl sites for hydroxylation is 1. The highest BCUT2D eigenvalue weighted by Crippen LogP contribution is 2.20. The maximum Gasteiger partial charge on any atom is 0.243 e. The molecule has 0 aliphatic carbocycles. The number of amides is 1. The van der Waals surface area contributed by atoms with Crippen LogP contribution in [0, 0.1) is 6.92 Å².